The van der Waals surface area contributed by atoms with E-state index in [1.807, 2.05) is 42.2 Å². The minimum Gasteiger partial charge on any atom is -0.361 e. The van der Waals surface area contributed by atoms with Crippen LogP contribution in [0, 0.1) is 6.92 Å². The summed E-state index contributed by atoms with van der Waals surface area (Å²) in [4.78, 5) is 22.6. The van der Waals surface area contributed by atoms with Crippen molar-refractivity contribution in [2.24, 2.45) is 0 Å². The third-order valence-electron chi connectivity index (χ3n) is 5.95. The van der Waals surface area contributed by atoms with Crippen LogP contribution in [0.4, 0.5) is 13.2 Å². The quantitative estimate of drug-likeness (QED) is 0.290. The van der Waals surface area contributed by atoms with Crippen molar-refractivity contribution in [2.75, 3.05) is 26.2 Å². The van der Waals surface area contributed by atoms with E-state index in [4.69, 9.17) is 4.52 Å². The molecule has 2 aromatic carbocycles. The van der Waals surface area contributed by atoms with Crippen LogP contribution in [-0.2, 0) is 18.5 Å². The van der Waals surface area contributed by atoms with E-state index in [0.29, 0.717) is 49.6 Å². The maximum atomic E-state index is 13.3. The molecule has 0 saturated carbocycles. The second-order valence-electron chi connectivity index (χ2n) is 8.57. The van der Waals surface area contributed by atoms with E-state index in [1.165, 1.54) is 17.4 Å². The lowest BCUT2D eigenvalue weighted by molar-refractivity contribution is -0.137. The molecule has 6 nitrogen and oxygen atoms in total. The number of aryl methyl sites for hydroxylation is 1. The van der Waals surface area contributed by atoms with Gasteiger partial charge in [0.05, 0.1) is 33.6 Å². The molecule has 0 spiro atoms. The molecule has 11 heteroatoms. The van der Waals surface area contributed by atoms with Gasteiger partial charge in [0.15, 0.2) is 0 Å². The second kappa shape index (κ2) is 10.2. The highest BCUT2D eigenvalue weighted by molar-refractivity contribution is 7.98. The first-order valence-electron chi connectivity index (χ1n) is 11.4. The maximum absolute atomic E-state index is 13.3. The van der Waals surface area contributed by atoms with Crippen LogP contribution in [0.5, 0.6) is 0 Å². The zero-order valence-corrected chi connectivity index (χ0v) is 21.1. The Morgan fingerprint density at radius 1 is 1.11 bits per heavy atom. The van der Waals surface area contributed by atoms with Crippen molar-refractivity contribution in [3.05, 3.63) is 76.1 Å². The summed E-state index contributed by atoms with van der Waals surface area (Å²) in [5.41, 5.74) is 1.18. The summed E-state index contributed by atoms with van der Waals surface area (Å²) >= 11 is 2.96. The lowest BCUT2D eigenvalue weighted by Crippen LogP contribution is -2.48. The first kappa shape index (κ1) is 24.8. The van der Waals surface area contributed by atoms with Gasteiger partial charge in [-0.15, -0.1) is 23.1 Å². The molecule has 0 atom stereocenters. The molecule has 0 aliphatic carbocycles. The molecule has 1 saturated heterocycles. The molecular weight excluding hydrogens is 509 g/mol. The Labute approximate surface area is 214 Å². The summed E-state index contributed by atoms with van der Waals surface area (Å²) in [5, 5.41) is 4.79. The monoisotopic (exact) mass is 532 g/mol. The molecule has 0 bridgehead atoms. The number of piperazine rings is 1. The second-order valence-corrected chi connectivity index (χ2v) is 10.7. The van der Waals surface area contributed by atoms with Gasteiger partial charge in [0, 0.05) is 42.9 Å². The highest BCUT2D eigenvalue weighted by atomic mass is 32.2. The van der Waals surface area contributed by atoms with Crippen molar-refractivity contribution in [1.82, 2.24) is 19.9 Å². The number of carbonyl (C=O) groups excluding carboxylic acids is 1. The third-order valence-corrected chi connectivity index (χ3v) is 8.08. The van der Waals surface area contributed by atoms with E-state index in [1.54, 1.807) is 11.8 Å². The van der Waals surface area contributed by atoms with Crippen molar-refractivity contribution in [3.63, 3.8) is 0 Å². The SMILES string of the molecule is Cc1cc(CSc2ccccc2C(=O)N2CCN(Cc3nc4cc(C(F)(F)F)ccc4s3)CC2)no1. The van der Waals surface area contributed by atoms with E-state index < -0.39 is 11.7 Å². The van der Waals surface area contributed by atoms with Crippen LogP contribution in [0.3, 0.4) is 0 Å². The molecule has 1 fully saturated rings. The van der Waals surface area contributed by atoms with E-state index in [0.717, 1.165) is 38.2 Å². The summed E-state index contributed by atoms with van der Waals surface area (Å²) in [6, 6.07) is 13.1. The lowest BCUT2D eigenvalue weighted by Gasteiger charge is -2.34. The Bertz CT molecular complexity index is 1380. The fourth-order valence-corrected chi connectivity index (χ4v) is 6.01. The van der Waals surface area contributed by atoms with Gasteiger partial charge >= 0.3 is 6.18 Å². The predicted molar refractivity (Wildman–Crippen MR) is 133 cm³/mol. The number of fused-ring (bicyclic) bond motifs is 1. The average Bonchev–Trinajstić information content (AvgIpc) is 3.47. The summed E-state index contributed by atoms with van der Waals surface area (Å²) in [6.07, 6.45) is -4.38. The molecule has 1 amide bonds. The number of hydrogen-bond donors (Lipinski definition) is 0. The highest BCUT2D eigenvalue weighted by Gasteiger charge is 2.31. The molecule has 3 heterocycles. The normalized spacial score (nSPS) is 15.1. The first-order valence-corrected chi connectivity index (χ1v) is 13.2. The van der Waals surface area contributed by atoms with Gasteiger partial charge in [0.1, 0.15) is 10.8 Å². The number of aromatic nitrogens is 2. The molecule has 188 valence electrons. The number of amides is 1. The summed E-state index contributed by atoms with van der Waals surface area (Å²) in [6.45, 7) is 4.88. The van der Waals surface area contributed by atoms with Gasteiger partial charge < -0.3 is 9.42 Å². The standard InChI is InChI=1S/C25H23F3N4O2S2/c1-16-12-18(30-34-16)15-35-21-5-3-2-4-19(21)24(33)32-10-8-31(9-11-32)14-23-29-20-13-17(25(26,27)28)6-7-22(20)36-23/h2-7,12-13H,8-11,14-15H2,1H3. The zero-order valence-electron chi connectivity index (χ0n) is 19.4. The number of halogens is 3. The van der Waals surface area contributed by atoms with E-state index in [9.17, 15) is 18.0 Å². The van der Waals surface area contributed by atoms with E-state index >= 15 is 0 Å². The Morgan fingerprint density at radius 3 is 2.61 bits per heavy atom. The Kier molecular flexibility index (Phi) is 7.05. The molecule has 0 radical (unpaired) electrons. The molecule has 1 aliphatic heterocycles. The molecule has 0 N–H and O–H groups in total. The molecule has 36 heavy (non-hydrogen) atoms. The molecule has 5 rings (SSSR count). The third kappa shape index (κ3) is 5.58. The molecule has 2 aromatic heterocycles. The van der Waals surface area contributed by atoms with Gasteiger partial charge in [0.2, 0.25) is 0 Å². The van der Waals surface area contributed by atoms with Gasteiger partial charge in [-0.25, -0.2) is 4.98 Å². The van der Waals surface area contributed by atoms with Crippen molar-refractivity contribution < 1.29 is 22.5 Å². The minimum absolute atomic E-state index is 0.00579. The van der Waals surface area contributed by atoms with E-state index in [2.05, 4.69) is 15.0 Å². The van der Waals surface area contributed by atoms with Gasteiger partial charge in [-0.2, -0.15) is 13.2 Å². The first-order chi connectivity index (χ1) is 17.3. The molecular formula is C25H23F3N4O2S2. The number of hydrogen-bond acceptors (Lipinski definition) is 7. The fraction of sp³-hybridized carbons (Fsp3) is 0.320. The van der Waals surface area contributed by atoms with Crippen molar-refractivity contribution in [1.29, 1.82) is 0 Å². The Morgan fingerprint density at radius 2 is 1.89 bits per heavy atom. The molecule has 4 aromatic rings. The van der Waals surface area contributed by atoms with Crippen LogP contribution >= 0.6 is 23.1 Å². The number of alkyl halides is 3. The smallest absolute Gasteiger partial charge is 0.361 e. The predicted octanol–water partition coefficient (Wildman–Crippen LogP) is 5.86. The molecule has 0 unspecified atom stereocenters. The summed E-state index contributed by atoms with van der Waals surface area (Å²) in [5.74, 6) is 1.36. The number of thiazole rings is 1. The van der Waals surface area contributed by atoms with E-state index in [-0.39, 0.29) is 5.91 Å². The Balaban J connectivity index is 1.19. The van der Waals surface area contributed by atoms with Crippen LogP contribution in [0.25, 0.3) is 10.2 Å². The van der Waals surface area contributed by atoms with Gasteiger partial charge in [-0.1, -0.05) is 17.3 Å². The largest absolute Gasteiger partial charge is 0.416 e. The van der Waals surface area contributed by atoms with Gasteiger partial charge in [-0.3, -0.25) is 9.69 Å². The van der Waals surface area contributed by atoms with Crippen LogP contribution in [-0.4, -0.2) is 52.0 Å². The van der Waals surface area contributed by atoms with Crippen molar-refractivity contribution in [2.45, 2.75) is 30.3 Å². The average molecular weight is 533 g/mol. The van der Waals surface area contributed by atoms with Crippen LogP contribution in [0.1, 0.15) is 32.4 Å². The lowest BCUT2D eigenvalue weighted by atomic mass is 10.2. The summed E-state index contributed by atoms with van der Waals surface area (Å²) in [7, 11) is 0. The number of rotatable bonds is 6. The number of benzene rings is 2. The number of thioether (sulfide) groups is 1. The van der Waals surface area contributed by atoms with Gasteiger partial charge in [0.25, 0.3) is 5.91 Å². The fourth-order valence-electron chi connectivity index (χ4n) is 4.10. The van der Waals surface area contributed by atoms with Crippen LogP contribution in [0.2, 0.25) is 0 Å². The van der Waals surface area contributed by atoms with Crippen molar-refractivity contribution in [3.8, 4) is 0 Å². The highest BCUT2D eigenvalue weighted by Crippen LogP contribution is 2.33. The minimum atomic E-state index is -4.38. The van der Waals surface area contributed by atoms with Gasteiger partial charge in [-0.05, 0) is 37.3 Å². The maximum Gasteiger partial charge on any atom is 0.416 e. The Hall–Kier alpha value is -2.89. The summed E-state index contributed by atoms with van der Waals surface area (Å²) < 4.78 is 44.8. The van der Waals surface area contributed by atoms with Crippen LogP contribution in [0.15, 0.2) is 57.9 Å². The van der Waals surface area contributed by atoms with Crippen LogP contribution < -0.4 is 0 Å². The number of carbonyl (C=O) groups is 1. The molecule has 1 aliphatic rings. The zero-order chi connectivity index (χ0) is 25.3. The topological polar surface area (TPSA) is 62.5 Å². The van der Waals surface area contributed by atoms with Crippen molar-refractivity contribution >= 4 is 39.2 Å². The number of nitrogens with zero attached hydrogens (tertiary/aromatic N) is 4.